The summed E-state index contributed by atoms with van der Waals surface area (Å²) in [6, 6.07) is -0.272. The highest BCUT2D eigenvalue weighted by Crippen LogP contribution is 2.37. The minimum absolute atomic E-state index is 0.00614. The Labute approximate surface area is 180 Å². The highest BCUT2D eigenvalue weighted by molar-refractivity contribution is 6.09. The van der Waals surface area contributed by atoms with Gasteiger partial charge in [-0.1, -0.05) is 0 Å². The van der Waals surface area contributed by atoms with Crippen molar-refractivity contribution in [1.82, 2.24) is 9.78 Å². The number of aromatic amines is 1. The molecule has 1 aromatic heterocycles. The molecule has 0 atom stereocenters. The molecule has 34 heavy (non-hydrogen) atoms. The first kappa shape index (κ1) is 25.0. The lowest BCUT2D eigenvalue weighted by Gasteiger charge is -2.13. The summed E-state index contributed by atoms with van der Waals surface area (Å²) in [5, 5.41) is 1.83. The highest BCUT2D eigenvalue weighted by atomic mass is 19.4. The number of ketones is 1. The lowest BCUT2D eigenvalue weighted by Crippen LogP contribution is -2.24. The standard InChI is InChI=1S/C19H7F11N2O2/c1-5-9(16(33)6-2-7(18(25,26)27)4-8(3-6)19(28,29)30)17(34)32(31-5)15-13(23)11(21)10(20)12(22)14(15)24/h2-4,31H,1H3. The van der Waals surface area contributed by atoms with E-state index in [0.717, 1.165) is 6.92 Å². The van der Waals surface area contributed by atoms with E-state index in [-0.39, 0.29) is 22.9 Å². The van der Waals surface area contributed by atoms with E-state index in [1.165, 1.54) is 0 Å². The van der Waals surface area contributed by atoms with Crippen molar-refractivity contribution in [2.24, 2.45) is 0 Å². The Kier molecular flexibility index (Phi) is 5.87. The van der Waals surface area contributed by atoms with E-state index in [1.54, 1.807) is 0 Å². The Morgan fingerprint density at radius 2 is 1.18 bits per heavy atom. The van der Waals surface area contributed by atoms with Gasteiger partial charge in [0.25, 0.3) is 5.56 Å². The lowest BCUT2D eigenvalue weighted by molar-refractivity contribution is -0.143. The van der Waals surface area contributed by atoms with Crippen LogP contribution in [-0.2, 0) is 12.4 Å². The van der Waals surface area contributed by atoms with E-state index >= 15 is 0 Å². The lowest BCUT2D eigenvalue weighted by atomic mass is 9.98. The quantitative estimate of drug-likeness (QED) is 0.224. The number of halogens is 11. The third kappa shape index (κ3) is 4.05. The molecule has 0 saturated heterocycles. The SMILES string of the molecule is Cc1[nH]n(-c2c(F)c(F)c(F)c(F)c2F)c(=O)c1C(=O)c1cc(C(F)(F)F)cc(C(F)(F)F)c1. The second kappa shape index (κ2) is 7.99. The first-order valence-corrected chi connectivity index (χ1v) is 8.64. The Bertz CT molecular complexity index is 1320. The van der Waals surface area contributed by atoms with Crippen molar-refractivity contribution in [2.75, 3.05) is 0 Å². The predicted molar refractivity (Wildman–Crippen MR) is 90.8 cm³/mol. The van der Waals surface area contributed by atoms with Gasteiger partial charge in [0.05, 0.1) is 11.1 Å². The van der Waals surface area contributed by atoms with Gasteiger partial charge in [0, 0.05) is 11.3 Å². The molecule has 0 fully saturated rings. The maximum atomic E-state index is 14.1. The van der Waals surface area contributed by atoms with Crippen LogP contribution in [0.5, 0.6) is 0 Å². The molecule has 0 bridgehead atoms. The van der Waals surface area contributed by atoms with Crippen molar-refractivity contribution in [3.05, 3.63) is 85.6 Å². The smallest absolute Gasteiger partial charge is 0.294 e. The van der Waals surface area contributed by atoms with Crippen LogP contribution in [0.2, 0.25) is 0 Å². The van der Waals surface area contributed by atoms with Crippen LogP contribution >= 0.6 is 0 Å². The normalized spacial score (nSPS) is 12.4. The van der Waals surface area contributed by atoms with E-state index in [0.29, 0.717) is 0 Å². The van der Waals surface area contributed by atoms with E-state index in [1.807, 2.05) is 5.10 Å². The van der Waals surface area contributed by atoms with Gasteiger partial charge in [-0.15, -0.1) is 0 Å². The van der Waals surface area contributed by atoms with E-state index < -0.39 is 86.4 Å². The number of rotatable bonds is 3. The van der Waals surface area contributed by atoms with Gasteiger partial charge in [0.2, 0.25) is 11.6 Å². The maximum absolute atomic E-state index is 14.1. The zero-order chi connectivity index (χ0) is 25.9. The topological polar surface area (TPSA) is 54.9 Å². The van der Waals surface area contributed by atoms with Gasteiger partial charge in [-0.05, 0) is 25.1 Å². The van der Waals surface area contributed by atoms with Crippen molar-refractivity contribution >= 4 is 5.78 Å². The van der Waals surface area contributed by atoms with Crippen LogP contribution in [0.3, 0.4) is 0 Å². The molecule has 1 heterocycles. The molecule has 2 aromatic carbocycles. The monoisotopic (exact) mass is 504 g/mol. The van der Waals surface area contributed by atoms with E-state index in [4.69, 9.17) is 0 Å². The molecule has 0 spiro atoms. The van der Waals surface area contributed by atoms with Gasteiger partial charge >= 0.3 is 12.4 Å². The number of nitrogens with zero attached hydrogens (tertiary/aromatic N) is 1. The molecule has 0 radical (unpaired) electrons. The molecule has 15 heteroatoms. The molecule has 182 valence electrons. The average molecular weight is 504 g/mol. The van der Waals surface area contributed by atoms with Crippen LogP contribution in [0.25, 0.3) is 5.69 Å². The zero-order valence-corrected chi connectivity index (χ0v) is 16.2. The van der Waals surface area contributed by atoms with Crippen LogP contribution in [0.15, 0.2) is 23.0 Å². The summed E-state index contributed by atoms with van der Waals surface area (Å²) >= 11 is 0. The van der Waals surface area contributed by atoms with Crippen LogP contribution < -0.4 is 5.56 Å². The Morgan fingerprint density at radius 1 is 0.765 bits per heavy atom. The first-order valence-electron chi connectivity index (χ1n) is 8.64. The number of hydrogen-bond acceptors (Lipinski definition) is 2. The predicted octanol–water partition coefficient (Wildman–Crippen LogP) is 5.44. The fraction of sp³-hybridized carbons (Fsp3) is 0.158. The van der Waals surface area contributed by atoms with Gasteiger partial charge in [0.1, 0.15) is 11.3 Å². The average Bonchev–Trinajstić information content (AvgIpc) is 3.02. The van der Waals surface area contributed by atoms with E-state index in [2.05, 4.69) is 0 Å². The van der Waals surface area contributed by atoms with Gasteiger partial charge in [-0.2, -0.15) is 26.3 Å². The minimum Gasteiger partial charge on any atom is -0.294 e. The molecule has 0 aliphatic heterocycles. The second-order valence-corrected chi connectivity index (χ2v) is 6.79. The molecule has 0 unspecified atom stereocenters. The van der Waals surface area contributed by atoms with E-state index in [9.17, 15) is 57.9 Å². The fourth-order valence-electron chi connectivity index (χ4n) is 2.99. The molecule has 4 nitrogen and oxygen atoms in total. The number of benzene rings is 2. The Balaban J connectivity index is 2.26. The number of carbonyl (C=O) groups is 1. The molecular weight excluding hydrogens is 497 g/mol. The summed E-state index contributed by atoms with van der Waals surface area (Å²) in [6.45, 7) is 0.857. The van der Waals surface area contributed by atoms with Gasteiger partial charge in [-0.3, -0.25) is 14.7 Å². The number of hydrogen-bond donors (Lipinski definition) is 1. The second-order valence-electron chi connectivity index (χ2n) is 6.79. The number of alkyl halides is 6. The maximum Gasteiger partial charge on any atom is 0.416 e. The number of nitrogens with one attached hydrogen (secondary N) is 1. The van der Waals surface area contributed by atoms with Crippen molar-refractivity contribution in [1.29, 1.82) is 0 Å². The van der Waals surface area contributed by atoms with Gasteiger partial charge < -0.3 is 0 Å². The van der Waals surface area contributed by atoms with Crippen LogP contribution in [-0.4, -0.2) is 15.6 Å². The van der Waals surface area contributed by atoms with Crippen LogP contribution in [0, 0.1) is 36.0 Å². The zero-order valence-electron chi connectivity index (χ0n) is 16.2. The number of carbonyl (C=O) groups excluding carboxylic acids is 1. The number of aryl methyl sites for hydroxylation is 1. The fourth-order valence-corrected chi connectivity index (χ4v) is 2.99. The summed E-state index contributed by atoms with van der Waals surface area (Å²) < 4.78 is 146. The molecule has 0 saturated carbocycles. The van der Waals surface area contributed by atoms with Crippen molar-refractivity contribution < 1.29 is 53.1 Å². The summed E-state index contributed by atoms with van der Waals surface area (Å²) in [7, 11) is 0. The summed E-state index contributed by atoms with van der Waals surface area (Å²) in [5.41, 5.74) is -10.5. The summed E-state index contributed by atoms with van der Waals surface area (Å²) in [4.78, 5) is 25.3. The highest BCUT2D eigenvalue weighted by Gasteiger charge is 2.38. The summed E-state index contributed by atoms with van der Waals surface area (Å²) in [6.07, 6.45) is -10.7. The number of H-pyrrole nitrogens is 1. The first-order chi connectivity index (χ1) is 15.5. The third-order valence-electron chi connectivity index (χ3n) is 4.56. The molecule has 0 amide bonds. The molecule has 0 aliphatic rings. The molecule has 0 aliphatic carbocycles. The van der Waals surface area contributed by atoms with Crippen LogP contribution in [0.4, 0.5) is 48.3 Å². The minimum atomic E-state index is -5.33. The Hall–Kier alpha value is -3.65. The molecular formula is C19H7F11N2O2. The Morgan fingerprint density at radius 3 is 1.59 bits per heavy atom. The largest absolute Gasteiger partial charge is 0.416 e. The molecule has 3 aromatic rings. The van der Waals surface area contributed by atoms with Crippen molar-refractivity contribution in [3.8, 4) is 5.69 Å². The van der Waals surface area contributed by atoms with Gasteiger partial charge in [-0.25, -0.2) is 26.6 Å². The molecule has 1 N–H and O–H groups in total. The summed E-state index contributed by atoms with van der Waals surface area (Å²) in [5.74, 6) is -14.2. The number of aromatic nitrogens is 2. The van der Waals surface area contributed by atoms with Crippen molar-refractivity contribution in [2.45, 2.75) is 19.3 Å². The van der Waals surface area contributed by atoms with Crippen LogP contribution in [0.1, 0.15) is 32.7 Å². The molecule has 3 rings (SSSR count). The van der Waals surface area contributed by atoms with Crippen molar-refractivity contribution in [3.63, 3.8) is 0 Å². The van der Waals surface area contributed by atoms with Gasteiger partial charge in [0.15, 0.2) is 23.3 Å². The third-order valence-corrected chi connectivity index (χ3v) is 4.56.